The number of aromatic nitrogens is 2. The van der Waals surface area contributed by atoms with E-state index < -0.39 is 0 Å². The van der Waals surface area contributed by atoms with E-state index in [-0.39, 0.29) is 5.91 Å². The number of para-hydroxylation sites is 1. The van der Waals surface area contributed by atoms with Gasteiger partial charge in [0.25, 0.3) is 5.91 Å². The first kappa shape index (κ1) is 20.2. The average Bonchev–Trinajstić information content (AvgIpc) is 2.68. The predicted molar refractivity (Wildman–Crippen MR) is 110 cm³/mol. The van der Waals surface area contributed by atoms with Crippen LogP contribution >= 0.6 is 0 Å². The van der Waals surface area contributed by atoms with Crippen molar-refractivity contribution < 1.29 is 9.53 Å². The highest BCUT2D eigenvalue weighted by Gasteiger charge is 2.14. The Balaban J connectivity index is 1.65. The van der Waals surface area contributed by atoms with Gasteiger partial charge < -0.3 is 15.4 Å². The molecule has 7 heteroatoms. The number of benzene rings is 1. The van der Waals surface area contributed by atoms with Crippen LogP contribution in [0.5, 0.6) is 0 Å². The van der Waals surface area contributed by atoms with Crippen LogP contribution in [0, 0.1) is 6.92 Å². The number of rotatable bonds is 7. The highest BCUT2D eigenvalue weighted by Crippen LogP contribution is 2.25. The van der Waals surface area contributed by atoms with Crippen molar-refractivity contribution in [2.24, 2.45) is 0 Å². The van der Waals surface area contributed by atoms with Crippen molar-refractivity contribution in [3.63, 3.8) is 0 Å². The fraction of sp³-hybridized carbons (Fsp3) is 0.476. The summed E-state index contributed by atoms with van der Waals surface area (Å²) in [5, 5.41) is 6.23. The molecule has 1 aliphatic heterocycles. The third-order valence-corrected chi connectivity index (χ3v) is 4.73. The number of carbonyl (C=O) groups excluding carboxylic acids is 1. The Morgan fingerprint density at radius 2 is 1.96 bits per heavy atom. The van der Waals surface area contributed by atoms with E-state index in [0.717, 1.165) is 44.2 Å². The monoisotopic (exact) mass is 383 g/mol. The zero-order valence-corrected chi connectivity index (χ0v) is 16.9. The minimum atomic E-state index is -0.182. The number of hydrogen-bond acceptors (Lipinski definition) is 6. The van der Waals surface area contributed by atoms with E-state index in [1.165, 1.54) is 5.56 Å². The third kappa shape index (κ3) is 5.50. The largest absolute Gasteiger partial charge is 0.379 e. The van der Waals surface area contributed by atoms with Crippen LogP contribution in [0.3, 0.4) is 0 Å². The summed E-state index contributed by atoms with van der Waals surface area (Å²) in [7, 11) is 0. The van der Waals surface area contributed by atoms with Crippen molar-refractivity contribution >= 4 is 17.5 Å². The van der Waals surface area contributed by atoms with Gasteiger partial charge in [-0.05, 0) is 30.5 Å². The zero-order chi connectivity index (χ0) is 19.9. The van der Waals surface area contributed by atoms with Gasteiger partial charge in [0.1, 0.15) is 5.69 Å². The number of ether oxygens (including phenoxy) is 1. The summed E-state index contributed by atoms with van der Waals surface area (Å²) in [6, 6.07) is 9.79. The van der Waals surface area contributed by atoms with E-state index in [9.17, 15) is 4.79 Å². The van der Waals surface area contributed by atoms with Gasteiger partial charge in [-0.1, -0.05) is 32.0 Å². The van der Waals surface area contributed by atoms with Crippen LogP contribution in [0.25, 0.3) is 0 Å². The molecular formula is C21H29N5O2. The fourth-order valence-electron chi connectivity index (χ4n) is 3.22. The van der Waals surface area contributed by atoms with Gasteiger partial charge in [-0.15, -0.1) is 0 Å². The Labute approximate surface area is 166 Å². The molecule has 2 heterocycles. The minimum absolute atomic E-state index is 0.182. The summed E-state index contributed by atoms with van der Waals surface area (Å²) in [5.74, 6) is 0.627. The van der Waals surface area contributed by atoms with Gasteiger partial charge in [0.15, 0.2) is 0 Å². The minimum Gasteiger partial charge on any atom is -0.379 e. The van der Waals surface area contributed by atoms with Crippen molar-refractivity contribution in [1.82, 2.24) is 20.2 Å². The van der Waals surface area contributed by atoms with Gasteiger partial charge in [-0.2, -0.15) is 0 Å². The quantitative estimate of drug-likeness (QED) is 0.765. The maximum absolute atomic E-state index is 12.5. The Hall–Kier alpha value is -2.51. The lowest BCUT2D eigenvalue weighted by atomic mass is 10.0. The van der Waals surface area contributed by atoms with E-state index in [2.05, 4.69) is 45.4 Å². The van der Waals surface area contributed by atoms with Crippen molar-refractivity contribution in [1.29, 1.82) is 0 Å². The summed E-state index contributed by atoms with van der Waals surface area (Å²) >= 11 is 0. The van der Waals surface area contributed by atoms with Crippen LogP contribution in [0.15, 0.2) is 30.3 Å². The normalized spacial score (nSPS) is 14.9. The van der Waals surface area contributed by atoms with Crippen molar-refractivity contribution in [2.45, 2.75) is 26.7 Å². The molecule has 1 aromatic carbocycles. The summed E-state index contributed by atoms with van der Waals surface area (Å²) in [5.41, 5.74) is 3.27. The molecule has 1 amide bonds. The molecule has 0 aliphatic carbocycles. The summed E-state index contributed by atoms with van der Waals surface area (Å²) < 4.78 is 5.34. The van der Waals surface area contributed by atoms with Crippen molar-refractivity contribution in [3.8, 4) is 0 Å². The maximum Gasteiger partial charge on any atom is 0.270 e. The molecule has 28 heavy (non-hydrogen) atoms. The van der Waals surface area contributed by atoms with Crippen LogP contribution in [0.4, 0.5) is 11.6 Å². The van der Waals surface area contributed by atoms with E-state index >= 15 is 0 Å². The average molecular weight is 383 g/mol. The molecule has 150 valence electrons. The molecule has 1 aromatic heterocycles. The number of anilines is 2. The standard InChI is InChI=1S/C21H29N5O2/c1-15(2)17-6-4-5-7-18(17)24-21-23-16(3)14-19(25-21)20(27)22-8-9-26-10-12-28-13-11-26/h4-7,14-15H,8-13H2,1-3H3,(H,22,27)(H,23,24,25). The maximum atomic E-state index is 12.5. The van der Waals surface area contributed by atoms with Crippen LogP contribution in [0.1, 0.15) is 41.5 Å². The molecule has 3 rings (SSSR count). The first-order chi connectivity index (χ1) is 13.5. The van der Waals surface area contributed by atoms with E-state index in [0.29, 0.717) is 24.1 Å². The summed E-state index contributed by atoms with van der Waals surface area (Å²) in [4.78, 5) is 23.7. The number of hydrogen-bond donors (Lipinski definition) is 2. The molecule has 0 radical (unpaired) electrons. The summed E-state index contributed by atoms with van der Waals surface area (Å²) in [6.45, 7) is 10.9. The second kappa shape index (κ2) is 9.61. The van der Waals surface area contributed by atoms with Crippen LogP contribution < -0.4 is 10.6 Å². The van der Waals surface area contributed by atoms with Gasteiger partial charge in [0.2, 0.25) is 5.95 Å². The second-order valence-electron chi connectivity index (χ2n) is 7.30. The molecule has 7 nitrogen and oxygen atoms in total. The molecule has 1 fully saturated rings. The smallest absolute Gasteiger partial charge is 0.270 e. The van der Waals surface area contributed by atoms with Gasteiger partial charge in [0, 0.05) is 37.6 Å². The van der Waals surface area contributed by atoms with E-state index in [1.807, 2.05) is 25.1 Å². The molecule has 0 bridgehead atoms. The highest BCUT2D eigenvalue weighted by atomic mass is 16.5. The Morgan fingerprint density at radius 1 is 1.21 bits per heavy atom. The highest BCUT2D eigenvalue weighted by molar-refractivity contribution is 5.92. The van der Waals surface area contributed by atoms with Crippen molar-refractivity contribution in [3.05, 3.63) is 47.3 Å². The lowest BCUT2D eigenvalue weighted by molar-refractivity contribution is 0.0383. The molecule has 0 unspecified atom stereocenters. The Morgan fingerprint density at radius 3 is 2.71 bits per heavy atom. The van der Waals surface area contributed by atoms with Crippen LogP contribution in [-0.2, 0) is 4.74 Å². The van der Waals surface area contributed by atoms with E-state index in [4.69, 9.17) is 4.74 Å². The number of nitrogens with one attached hydrogen (secondary N) is 2. The lowest BCUT2D eigenvalue weighted by Crippen LogP contribution is -2.41. The van der Waals surface area contributed by atoms with Crippen LogP contribution in [-0.4, -0.2) is 60.2 Å². The topological polar surface area (TPSA) is 79.4 Å². The zero-order valence-electron chi connectivity index (χ0n) is 16.9. The summed E-state index contributed by atoms with van der Waals surface area (Å²) in [6.07, 6.45) is 0. The molecule has 0 spiro atoms. The molecule has 1 saturated heterocycles. The molecule has 1 aliphatic rings. The number of nitrogens with zero attached hydrogens (tertiary/aromatic N) is 3. The molecule has 2 N–H and O–H groups in total. The number of carbonyl (C=O) groups is 1. The first-order valence-electron chi connectivity index (χ1n) is 9.83. The van der Waals surface area contributed by atoms with Gasteiger partial charge in [-0.25, -0.2) is 9.97 Å². The molecular weight excluding hydrogens is 354 g/mol. The number of aryl methyl sites for hydroxylation is 1. The van der Waals surface area contributed by atoms with Crippen molar-refractivity contribution in [2.75, 3.05) is 44.7 Å². The fourth-order valence-corrected chi connectivity index (χ4v) is 3.22. The third-order valence-electron chi connectivity index (χ3n) is 4.73. The van der Waals surface area contributed by atoms with Crippen LogP contribution in [0.2, 0.25) is 0 Å². The lowest BCUT2D eigenvalue weighted by Gasteiger charge is -2.26. The molecule has 0 atom stereocenters. The van der Waals surface area contributed by atoms with E-state index in [1.54, 1.807) is 6.07 Å². The number of amides is 1. The Bertz CT molecular complexity index is 803. The van der Waals surface area contributed by atoms with Gasteiger partial charge in [0.05, 0.1) is 13.2 Å². The SMILES string of the molecule is Cc1cc(C(=O)NCCN2CCOCC2)nc(Nc2ccccc2C(C)C)n1. The molecule has 2 aromatic rings. The second-order valence-corrected chi connectivity index (χ2v) is 7.30. The molecule has 0 saturated carbocycles. The first-order valence-corrected chi connectivity index (χ1v) is 9.83. The van der Waals surface area contributed by atoms with Gasteiger partial charge >= 0.3 is 0 Å². The van der Waals surface area contributed by atoms with Gasteiger partial charge in [-0.3, -0.25) is 9.69 Å². The Kier molecular flexibility index (Phi) is 6.95. The number of morpholine rings is 1. The predicted octanol–water partition coefficient (Wildman–Crippen LogP) is 2.71.